The number of rotatable bonds is 5. The molecule has 0 amide bonds. The normalized spacial score (nSPS) is 10.3. The molecule has 0 fully saturated rings. The van der Waals surface area contributed by atoms with Crippen LogP contribution in [0.4, 0.5) is 0 Å². The molecule has 0 aliphatic heterocycles. The fourth-order valence-corrected chi connectivity index (χ4v) is 1.98. The number of benzene rings is 1. The van der Waals surface area contributed by atoms with Crippen LogP contribution in [0.25, 0.3) is 0 Å². The summed E-state index contributed by atoms with van der Waals surface area (Å²) in [5, 5.41) is 0.577. The number of carbonyl (C=O) groups is 3. The van der Waals surface area contributed by atoms with E-state index in [1.165, 1.54) is 37.4 Å². The molecule has 2 aromatic rings. The summed E-state index contributed by atoms with van der Waals surface area (Å²) < 4.78 is 4.90. The van der Waals surface area contributed by atoms with Crippen LogP contribution in [0.15, 0.2) is 30.5 Å². The molecule has 7 heteroatoms. The third kappa shape index (κ3) is 3.75. The number of H-pyrrole nitrogens is 1. The smallest absolute Gasteiger partial charge is 0.355 e. The number of hydrogen-bond acceptors (Lipinski definition) is 4. The first-order chi connectivity index (χ1) is 10.4. The maximum atomic E-state index is 11.9. The number of halogens is 2. The number of nitrogens with one attached hydrogen (secondary N) is 1. The number of ketones is 2. The van der Waals surface area contributed by atoms with Crippen LogP contribution in [0, 0.1) is 0 Å². The van der Waals surface area contributed by atoms with Crippen molar-refractivity contribution >= 4 is 40.7 Å². The van der Waals surface area contributed by atoms with Crippen molar-refractivity contribution in [2.24, 2.45) is 0 Å². The molecule has 0 aliphatic rings. The number of hydrogen-bond donors (Lipinski definition) is 1. The minimum absolute atomic E-state index is 0.104. The lowest BCUT2D eigenvalue weighted by Crippen LogP contribution is -2.14. The maximum Gasteiger partial charge on any atom is 0.355 e. The molecule has 114 valence electrons. The van der Waals surface area contributed by atoms with Gasteiger partial charge in [0.1, 0.15) is 5.69 Å². The minimum Gasteiger partial charge on any atom is -0.453 e. The molecule has 0 bridgehead atoms. The predicted molar refractivity (Wildman–Crippen MR) is 81.9 cm³/mol. The van der Waals surface area contributed by atoms with Crippen molar-refractivity contribution in [3.63, 3.8) is 0 Å². The van der Waals surface area contributed by atoms with E-state index in [0.29, 0.717) is 10.6 Å². The molecule has 0 atom stereocenters. The Morgan fingerprint density at radius 1 is 1.09 bits per heavy atom. The standard InChI is InChI=1S/C15H11Cl2NO4/c1-8(19)10-5-13(18-6-10)15(21)22-7-14(20)9-2-3-11(16)12(17)4-9/h2-6,18H,7H2,1H3. The lowest BCUT2D eigenvalue weighted by atomic mass is 10.1. The van der Waals surface area contributed by atoms with Gasteiger partial charge in [0.2, 0.25) is 0 Å². The van der Waals surface area contributed by atoms with Gasteiger partial charge in [0, 0.05) is 17.3 Å². The van der Waals surface area contributed by atoms with Gasteiger partial charge in [-0.1, -0.05) is 23.2 Å². The molecule has 0 unspecified atom stereocenters. The van der Waals surface area contributed by atoms with E-state index in [2.05, 4.69) is 4.98 Å². The van der Waals surface area contributed by atoms with E-state index in [4.69, 9.17) is 27.9 Å². The lowest BCUT2D eigenvalue weighted by molar-refractivity contribution is 0.0469. The third-order valence-corrected chi connectivity index (χ3v) is 3.62. The highest BCUT2D eigenvalue weighted by molar-refractivity contribution is 6.42. The summed E-state index contributed by atoms with van der Waals surface area (Å²) in [6.45, 7) is 0.942. The second-order valence-electron chi connectivity index (χ2n) is 4.49. The molecule has 5 nitrogen and oxygen atoms in total. The van der Waals surface area contributed by atoms with E-state index in [1.807, 2.05) is 0 Å². The Balaban J connectivity index is 1.99. The average molecular weight is 340 g/mol. The van der Waals surface area contributed by atoms with E-state index in [1.54, 1.807) is 0 Å². The Hall–Kier alpha value is -2.11. The number of esters is 1. The summed E-state index contributed by atoms with van der Waals surface area (Å²) in [7, 11) is 0. The van der Waals surface area contributed by atoms with Gasteiger partial charge in [0.05, 0.1) is 10.0 Å². The van der Waals surface area contributed by atoms with E-state index in [0.717, 1.165) is 0 Å². The molecule has 22 heavy (non-hydrogen) atoms. The van der Waals surface area contributed by atoms with Gasteiger partial charge in [0.25, 0.3) is 0 Å². The molecular formula is C15H11Cl2NO4. The quantitative estimate of drug-likeness (QED) is 0.667. The number of aromatic nitrogens is 1. The summed E-state index contributed by atoms with van der Waals surface area (Å²) >= 11 is 11.6. The first-order valence-corrected chi connectivity index (χ1v) is 6.99. The van der Waals surface area contributed by atoms with E-state index in [9.17, 15) is 14.4 Å². The van der Waals surface area contributed by atoms with Crippen LogP contribution in [-0.4, -0.2) is 29.1 Å². The van der Waals surface area contributed by atoms with Gasteiger partial charge in [-0.25, -0.2) is 4.79 Å². The van der Waals surface area contributed by atoms with E-state index < -0.39 is 18.4 Å². The first-order valence-electron chi connectivity index (χ1n) is 6.23. The van der Waals surface area contributed by atoms with Crippen LogP contribution in [0.3, 0.4) is 0 Å². The van der Waals surface area contributed by atoms with Crippen LogP contribution in [-0.2, 0) is 4.74 Å². The van der Waals surface area contributed by atoms with Crippen LogP contribution >= 0.6 is 23.2 Å². The highest BCUT2D eigenvalue weighted by Gasteiger charge is 2.15. The lowest BCUT2D eigenvalue weighted by Gasteiger charge is -2.04. The van der Waals surface area contributed by atoms with Crippen molar-refractivity contribution < 1.29 is 19.1 Å². The summed E-state index contributed by atoms with van der Waals surface area (Å²) in [5.41, 5.74) is 0.757. The number of Topliss-reactive ketones (excluding diaryl/α,β-unsaturated/α-hetero) is 2. The zero-order valence-corrected chi connectivity index (χ0v) is 13.0. The van der Waals surface area contributed by atoms with Crippen molar-refractivity contribution in [3.8, 4) is 0 Å². The van der Waals surface area contributed by atoms with Gasteiger partial charge >= 0.3 is 5.97 Å². The van der Waals surface area contributed by atoms with Crippen molar-refractivity contribution in [2.75, 3.05) is 6.61 Å². The summed E-state index contributed by atoms with van der Waals surface area (Å²) in [6, 6.07) is 5.76. The molecule has 1 aromatic heterocycles. The highest BCUT2D eigenvalue weighted by Crippen LogP contribution is 2.22. The summed E-state index contributed by atoms with van der Waals surface area (Å²) in [6.07, 6.45) is 1.40. The SMILES string of the molecule is CC(=O)c1c[nH]c(C(=O)OCC(=O)c2ccc(Cl)c(Cl)c2)c1. The Morgan fingerprint density at radius 2 is 1.82 bits per heavy atom. The van der Waals surface area contributed by atoms with Gasteiger partial charge in [-0.05, 0) is 31.2 Å². The third-order valence-electron chi connectivity index (χ3n) is 2.89. The molecule has 0 spiro atoms. The number of aromatic amines is 1. The van der Waals surface area contributed by atoms with Crippen LogP contribution in [0.2, 0.25) is 10.0 Å². The van der Waals surface area contributed by atoms with Crippen molar-refractivity contribution in [1.29, 1.82) is 0 Å². The molecule has 1 heterocycles. The van der Waals surface area contributed by atoms with Crippen molar-refractivity contribution in [1.82, 2.24) is 4.98 Å². The second kappa shape index (κ2) is 6.77. The Labute approximate surface area is 136 Å². The topological polar surface area (TPSA) is 76.2 Å². The van der Waals surface area contributed by atoms with E-state index in [-0.39, 0.29) is 22.1 Å². The van der Waals surface area contributed by atoms with Crippen molar-refractivity contribution in [2.45, 2.75) is 6.92 Å². The molecule has 0 saturated carbocycles. The fraction of sp³-hybridized carbons (Fsp3) is 0.133. The summed E-state index contributed by atoms with van der Waals surface area (Å²) in [4.78, 5) is 37.5. The number of ether oxygens (including phenoxy) is 1. The molecule has 0 radical (unpaired) electrons. The second-order valence-corrected chi connectivity index (χ2v) is 5.30. The molecule has 1 aromatic carbocycles. The number of carbonyl (C=O) groups excluding carboxylic acids is 3. The van der Waals surface area contributed by atoms with Crippen LogP contribution < -0.4 is 0 Å². The molecule has 0 saturated heterocycles. The minimum atomic E-state index is -0.721. The monoisotopic (exact) mass is 339 g/mol. The van der Waals surface area contributed by atoms with Crippen molar-refractivity contribution in [3.05, 3.63) is 57.3 Å². The van der Waals surface area contributed by atoms with Gasteiger partial charge < -0.3 is 9.72 Å². The zero-order valence-electron chi connectivity index (χ0n) is 11.5. The molecule has 2 rings (SSSR count). The zero-order chi connectivity index (χ0) is 16.3. The van der Waals surface area contributed by atoms with Gasteiger partial charge in [-0.2, -0.15) is 0 Å². The molecule has 1 N–H and O–H groups in total. The Kier molecular flexibility index (Phi) is 5.00. The van der Waals surface area contributed by atoms with Gasteiger partial charge in [-0.15, -0.1) is 0 Å². The largest absolute Gasteiger partial charge is 0.453 e. The Bertz CT molecular complexity index is 752. The fourth-order valence-electron chi connectivity index (χ4n) is 1.68. The first kappa shape index (κ1) is 16.3. The summed E-state index contributed by atoms with van der Waals surface area (Å²) in [5.74, 6) is -1.31. The Morgan fingerprint density at radius 3 is 2.41 bits per heavy atom. The highest BCUT2D eigenvalue weighted by atomic mass is 35.5. The van der Waals surface area contributed by atoms with E-state index >= 15 is 0 Å². The van der Waals surface area contributed by atoms with Crippen LogP contribution in [0.1, 0.15) is 38.1 Å². The molecular weight excluding hydrogens is 329 g/mol. The average Bonchev–Trinajstić information content (AvgIpc) is 2.97. The maximum absolute atomic E-state index is 11.9. The van der Waals surface area contributed by atoms with Gasteiger partial charge in [-0.3, -0.25) is 9.59 Å². The molecule has 0 aliphatic carbocycles. The van der Waals surface area contributed by atoms with Crippen LogP contribution in [0.5, 0.6) is 0 Å². The van der Waals surface area contributed by atoms with Gasteiger partial charge in [0.15, 0.2) is 18.2 Å². The predicted octanol–water partition coefficient (Wildman–Crippen LogP) is 3.56.